The van der Waals surface area contributed by atoms with Gasteiger partial charge < -0.3 is 14.5 Å². The number of rotatable bonds is 3. The van der Waals surface area contributed by atoms with Gasteiger partial charge in [-0.15, -0.1) is 11.3 Å². The van der Waals surface area contributed by atoms with Gasteiger partial charge in [-0.1, -0.05) is 18.1 Å². The van der Waals surface area contributed by atoms with Crippen molar-refractivity contribution in [3.63, 3.8) is 0 Å². The zero-order valence-electron chi connectivity index (χ0n) is 11.1. The molecule has 0 aliphatic carbocycles. The van der Waals surface area contributed by atoms with Crippen molar-refractivity contribution in [3.8, 4) is 0 Å². The normalized spacial score (nSPS) is 22.4. The molecule has 7 heteroatoms. The highest BCUT2D eigenvalue weighted by molar-refractivity contribution is 7.12. The van der Waals surface area contributed by atoms with Crippen LogP contribution in [-0.4, -0.2) is 39.1 Å². The minimum atomic E-state index is -1.23. The summed E-state index contributed by atoms with van der Waals surface area (Å²) in [5, 5.41) is 16.3. The van der Waals surface area contributed by atoms with E-state index in [1.807, 2.05) is 18.4 Å². The third kappa shape index (κ3) is 2.23. The number of amides is 1. The molecule has 1 fully saturated rings. The second-order valence-electron chi connectivity index (χ2n) is 4.85. The second kappa shape index (κ2) is 4.99. The molecule has 2 aromatic heterocycles. The molecule has 1 aliphatic rings. The topological polar surface area (TPSA) is 79.5 Å². The third-order valence-corrected chi connectivity index (χ3v) is 4.31. The number of hydrogen-bond donors (Lipinski definition) is 1. The number of aromatic nitrogens is 2. The van der Waals surface area contributed by atoms with Crippen molar-refractivity contribution in [2.75, 3.05) is 13.1 Å². The lowest BCUT2D eigenvalue weighted by Gasteiger charge is -2.19. The molecule has 0 saturated carbocycles. The molecule has 1 N–H and O–H groups in total. The average Bonchev–Trinajstić information content (AvgIpc) is 3.18. The number of aliphatic hydroxyl groups is 1. The predicted octanol–water partition coefficient (Wildman–Crippen LogP) is 1.43. The molecule has 6 nitrogen and oxygen atoms in total. The van der Waals surface area contributed by atoms with E-state index in [9.17, 15) is 9.90 Å². The fourth-order valence-electron chi connectivity index (χ4n) is 2.28. The Morgan fingerprint density at radius 1 is 1.65 bits per heavy atom. The highest BCUT2D eigenvalue weighted by Crippen LogP contribution is 2.32. The van der Waals surface area contributed by atoms with E-state index in [1.165, 1.54) is 11.3 Å². The molecule has 106 valence electrons. The van der Waals surface area contributed by atoms with Gasteiger partial charge in [0.1, 0.15) is 0 Å². The predicted molar refractivity (Wildman–Crippen MR) is 72.4 cm³/mol. The SMILES string of the molecule is CCc1noc(C2(O)CCN(C(=O)c3cccs3)C2)n1. The molecule has 1 saturated heterocycles. The summed E-state index contributed by atoms with van der Waals surface area (Å²) in [6.45, 7) is 2.59. The molecule has 2 aromatic rings. The van der Waals surface area contributed by atoms with Gasteiger partial charge in [0.15, 0.2) is 11.4 Å². The Bertz CT molecular complexity index is 610. The van der Waals surface area contributed by atoms with Crippen LogP contribution in [0.25, 0.3) is 0 Å². The van der Waals surface area contributed by atoms with Crippen LogP contribution < -0.4 is 0 Å². The largest absolute Gasteiger partial charge is 0.378 e. The molecule has 1 unspecified atom stereocenters. The van der Waals surface area contributed by atoms with Crippen molar-refractivity contribution in [1.82, 2.24) is 15.0 Å². The maximum atomic E-state index is 12.2. The van der Waals surface area contributed by atoms with Gasteiger partial charge in [-0.3, -0.25) is 4.79 Å². The molecule has 3 heterocycles. The van der Waals surface area contributed by atoms with Gasteiger partial charge in [0, 0.05) is 19.4 Å². The van der Waals surface area contributed by atoms with Crippen molar-refractivity contribution in [2.24, 2.45) is 0 Å². The minimum absolute atomic E-state index is 0.0637. The van der Waals surface area contributed by atoms with Gasteiger partial charge in [0.2, 0.25) is 0 Å². The summed E-state index contributed by atoms with van der Waals surface area (Å²) >= 11 is 1.40. The van der Waals surface area contributed by atoms with Crippen LogP contribution in [0.2, 0.25) is 0 Å². The van der Waals surface area contributed by atoms with Gasteiger partial charge in [-0.2, -0.15) is 4.98 Å². The molecule has 0 aromatic carbocycles. The van der Waals surface area contributed by atoms with E-state index < -0.39 is 5.60 Å². The van der Waals surface area contributed by atoms with Crippen LogP contribution >= 0.6 is 11.3 Å². The molecular formula is C13H15N3O3S. The lowest BCUT2D eigenvalue weighted by atomic mass is 10.0. The first-order chi connectivity index (χ1) is 9.62. The third-order valence-electron chi connectivity index (χ3n) is 3.45. The van der Waals surface area contributed by atoms with E-state index in [4.69, 9.17) is 4.52 Å². The number of nitrogens with zero attached hydrogens (tertiary/aromatic N) is 3. The molecule has 20 heavy (non-hydrogen) atoms. The Labute approximate surface area is 120 Å². The van der Waals surface area contributed by atoms with Crippen molar-refractivity contribution in [3.05, 3.63) is 34.1 Å². The number of aryl methyl sites for hydroxylation is 1. The van der Waals surface area contributed by atoms with E-state index in [0.29, 0.717) is 30.1 Å². The van der Waals surface area contributed by atoms with Crippen molar-refractivity contribution in [2.45, 2.75) is 25.4 Å². The summed E-state index contributed by atoms with van der Waals surface area (Å²) in [5.41, 5.74) is -1.23. The molecule has 0 radical (unpaired) electrons. The Hall–Kier alpha value is -1.73. The van der Waals surface area contributed by atoms with Crippen LogP contribution in [0.1, 0.15) is 34.7 Å². The minimum Gasteiger partial charge on any atom is -0.378 e. The first-order valence-corrected chi connectivity index (χ1v) is 7.38. The van der Waals surface area contributed by atoms with Gasteiger partial charge >= 0.3 is 0 Å². The van der Waals surface area contributed by atoms with Crippen LogP contribution in [-0.2, 0) is 12.0 Å². The summed E-state index contributed by atoms with van der Waals surface area (Å²) in [5.74, 6) is 0.707. The lowest BCUT2D eigenvalue weighted by Crippen LogP contribution is -2.34. The van der Waals surface area contributed by atoms with Gasteiger partial charge in [0.05, 0.1) is 11.4 Å². The monoisotopic (exact) mass is 293 g/mol. The van der Waals surface area contributed by atoms with Crippen LogP contribution in [0.5, 0.6) is 0 Å². The number of likely N-dealkylation sites (tertiary alicyclic amines) is 1. The van der Waals surface area contributed by atoms with E-state index >= 15 is 0 Å². The Balaban J connectivity index is 1.77. The van der Waals surface area contributed by atoms with Crippen LogP contribution in [0.15, 0.2) is 22.0 Å². The Morgan fingerprint density at radius 2 is 2.50 bits per heavy atom. The maximum Gasteiger partial charge on any atom is 0.264 e. The molecule has 0 spiro atoms. The summed E-state index contributed by atoms with van der Waals surface area (Å²) in [4.78, 5) is 18.7. The smallest absolute Gasteiger partial charge is 0.264 e. The van der Waals surface area contributed by atoms with Gasteiger partial charge in [-0.05, 0) is 11.4 Å². The van der Waals surface area contributed by atoms with E-state index in [1.54, 1.807) is 11.0 Å². The van der Waals surface area contributed by atoms with Crippen LogP contribution in [0.3, 0.4) is 0 Å². The number of carbonyl (C=O) groups is 1. The standard InChI is InChI=1S/C13H15N3O3S/c1-2-10-14-12(19-15-10)13(18)5-6-16(8-13)11(17)9-4-3-7-20-9/h3-4,7,18H,2,5-6,8H2,1H3. The van der Waals surface area contributed by atoms with Crippen molar-refractivity contribution in [1.29, 1.82) is 0 Å². The van der Waals surface area contributed by atoms with Crippen LogP contribution in [0, 0.1) is 0 Å². The molecule has 3 rings (SSSR count). The molecule has 1 atom stereocenters. The summed E-state index contributed by atoms with van der Waals surface area (Å²) in [6.07, 6.45) is 1.06. The molecule has 1 amide bonds. The van der Waals surface area contributed by atoms with Crippen molar-refractivity contribution >= 4 is 17.2 Å². The number of hydrogen-bond acceptors (Lipinski definition) is 6. The maximum absolute atomic E-state index is 12.2. The zero-order valence-corrected chi connectivity index (χ0v) is 11.9. The van der Waals surface area contributed by atoms with E-state index in [-0.39, 0.29) is 18.3 Å². The van der Waals surface area contributed by atoms with Crippen molar-refractivity contribution < 1.29 is 14.4 Å². The second-order valence-corrected chi connectivity index (χ2v) is 5.80. The highest BCUT2D eigenvalue weighted by Gasteiger charge is 2.44. The van der Waals surface area contributed by atoms with E-state index in [0.717, 1.165) is 0 Å². The van der Waals surface area contributed by atoms with Crippen LogP contribution in [0.4, 0.5) is 0 Å². The highest BCUT2D eigenvalue weighted by atomic mass is 32.1. The number of thiophene rings is 1. The number of carbonyl (C=O) groups excluding carboxylic acids is 1. The fraction of sp³-hybridized carbons (Fsp3) is 0.462. The summed E-state index contributed by atoms with van der Waals surface area (Å²) in [6, 6.07) is 3.62. The first-order valence-electron chi connectivity index (χ1n) is 6.50. The summed E-state index contributed by atoms with van der Waals surface area (Å²) in [7, 11) is 0. The Kier molecular flexibility index (Phi) is 3.31. The molecule has 1 aliphatic heterocycles. The van der Waals surface area contributed by atoms with Gasteiger partial charge in [0.25, 0.3) is 11.8 Å². The van der Waals surface area contributed by atoms with Gasteiger partial charge in [-0.25, -0.2) is 0 Å². The fourth-order valence-corrected chi connectivity index (χ4v) is 2.98. The lowest BCUT2D eigenvalue weighted by molar-refractivity contribution is 0.0137. The van der Waals surface area contributed by atoms with E-state index in [2.05, 4.69) is 10.1 Å². The summed E-state index contributed by atoms with van der Waals surface area (Å²) < 4.78 is 5.11. The average molecular weight is 293 g/mol. The number of β-amino-alcohol motifs (C(OH)–C–C–N with tert-alkyl or cyclic N) is 1. The Morgan fingerprint density at radius 3 is 3.15 bits per heavy atom. The molecular weight excluding hydrogens is 278 g/mol. The molecule has 0 bridgehead atoms. The quantitative estimate of drug-likeness (QED) is 0.926. The zero-order chi connectivity index (χ0) is 14.2. The first kappa shape index (κ1) is 13.3.